The maximum Gasteiger partial charge on any atom is 0.325 e. The summed E-state index contributed by atoms with van der Waals surface area (Å²) in [4.78, 5) is 18.1. The fourth-order valence-electron chi connectivity index (χ4n) is 4.85. The second-order valence-electron chi connectivity index (χ2n) is 10.3. The molecule has 2 N–H and O–H groups in total. The van der Waals surface area contributed by atoms with Gasteiger partial charge in [-0.15, -0.1) is 0 Å². The molecule has 0 rings (SSSR count). The minimum Gasteiger partial charge on any atom is -0.324 e. The van der Waals surface area contributed by atoms with Crippen molar-refractivity contribution in [1.82, 2.24) is 0 Å². The highest BCUT2D eigenvalue weighted by molar-refractivity contribution is 7.51. The fraction of sp³-hybridized carbons (Fsp3) is 1.00. The van der Waals surface area contributed by atoms with E-state index in [9.17, 15) is 4.57 Å². The van der Waals surface area contributed by atoms with E-state index in [1.54, 1.807) is 0 Å². The zero-order valence-electron chi connectivity index (χ0n) is 22.0. The molecule has 0 heterocycles. The van der Waals surface area contributed by atoms with Crippen molar-refractivity contribution in [2.45, 2.75) is 168 Å². The predicted octanol–water partition coefficient (Wildman–Crippen LogP) is 10.2. The van der Waals surface area contributed by atoms with Gasteiger partial charge in [-0.1, -0.05) is 162 Å². The quantitative estimate of drug-likeness (QED) is 0.0968. The minimum absolute atomic E-state index is 0.0646. The summed E-state index contributed by atoms with van der Waals surface area (Å²) in [6.45, 7) is 4.55. The Hall–Kier alpha value is 0.150. The summed E-state index contributed by atoms with van der Waals surface area (Å²) >= 11 is 0. The monoisotopic (exact) mass is 474 g/mol. The zero-order chi connectivity index (χ0) is 23.8. The van der Waals surface area contributed by atoms with Crippen molar-refractivity contribution in [1.29, 1.82) is 0 Å². The van der Waals surface area contributed by atoms with E-state index in [-0.39, 0.29) is 6.16 Å². The van der Waals surface area contributed by atoms with Gasteiger partial charge in [0.05, 0.1) is 0 Å². The number of unbranched alkanes of at least 4 members (excludes halogenated alkanes) is 18. The van der Waals surface area contributed by atoms with Crippen molar-refractivity contribution in [2.75, 3.05) is 6.16 Å². The van der Waals surface area contributed by atoms with E-state index >= 15 is 0 Å². The Balaban J connectivity index is 3.70. The lowest BCUT2D eigenvalue weighted by atomic mass is 9.90. The molecular formula is C28H59O3P. The van der Waals surface area contributed by atoms with Crippen LogP contribution < -0.4 is 0 Å². The summed E-state index contributed by atoms with van der Waals surface area (Å²) < 4.78 is 11.1. The molecule has 0 aromatic carbocycles. The molecule has 0 radical (unpaired) electrons. The Bertz CT molecular complexity index is 407. The first-order chi connectivity index (χ1) is 15.5. The SMILES string of the molecule is CCCCCCCCCCCCCCCCC(CCCCCCC)CCCCP(=O)(O)O. The van der Waals surface area contributed by atoms with E-state index in [4.69, 9.17) is 9.79 Å². The Morgan fingerprint density at radius 1 is 0.469 bits per heavy atom. The van der Waals surface area contributed by atoms with Gasteiger partial charge in [0.15, 0.2) is 0 Å². The van der Waals surface area contributed by atoms with E-state index in [1.807, 2.05) is 0 Å². The average Bonchev–Trinajstić information content (AvgIpc) is 2.75. The molecule has 0 fully saturated rings. The molecule has 0 aliphatic heterocycles. The molecule has 4 heteroatoms. The van der Waals surface area contributed by atoms with E-state index in [0.717, 1.165) is 18.8 Å². The van der Waals surface area contributed by atoms with Gasteiger partial charge in [-0.25, -0.2) is 0 Å². The molecule has 0 saturated heterocycles. The molecule has 0 bridgehead atoms. The minimum atomic E-state index is -3.81. The molecule has 3 nitrogen and oxygen atoms in total. The van der Waals surface area contributed by atoms with Crippen LogP contribution in [0.2, 0.25) is 0 Å². The average molecular weight is 475 g/mol. The van der Waals surface area contributed by atoms with E-state index in [2.05, 4.69) is 13.8 Å². The van der Waals surface area contributed by atoms with Crippen molar-refractivity contribution in [3.63, 3.8) is 0 Å². The fourth-order valence-corrected chi connectivity index (χ4v) is 5.48. The third kappa shape index (κ3) is 26.4. The van der Waals surface area contributed by atoms with Gasteiger partial charge in [0.1, 0.15) is 0 Å². The summed E-state index contributed by atoms with van der Waals surface area (Å²) in [5, 5.41) is 0. The summed E-state index contributed by atoms with van der Waals surface area (Å²) in [6.07, 6.45) is 31.9. The molecule has 0 aliphatic carbocycles. The molecule has 0 spiro atoms. The standard InChI is InChI=1S/C28H59O3P/c1-3-5-7-9-10-11-12-13-14-15-16-17-19-21-25-28(24-20-18-8-6-4-2)26-22-23-27-32(29,30)31/h28H,3-27H2,1-2H3,(H2,29,30,31). The molecule has 0 aliphatic rings. The topological polar surface area (TPSA) is 57.5 Å². The third-order valence-corrected chi connectivity index (χ3v) is 7.89. The Morgan fingerprint density at radius 3 is 1.06 bits per heavy atom. The van der Waals surface area contributed by atoms with Crippen molar-refractivity contribution in [2.24, 2.45) is 5.92 Å². The predicted molar refractivity (Wildman–Crippen MR) is 143 cm³/mol. The van der Waals surface area contributed by atoms with Crippen molar-refractivity contribution < 1.29 is 14.4 Å². The van der Waals surface area contributed by atoms with Gasteiger partial charge in [-0.3, -0.25) is 4.57 Å². The van der Waals surface area contributed by atoms with Gasteiger partial charge in [-0.2, -0.15) is 0 Å². The zero-order valence-corrected chi connectivity index (χ0v) is 22.9. The normalized spacial score (nSPS) is 13.0. The molecule has 0 aromatic rings. The van der Waals surface area contributed by atoms with Crippen LogP contribution in [-0.4, -0.2) is 15.9 Å². The van der Waals surface area contributed by atoms with E-state index in [1.165, 1.54) is 135 Å². The van der Waals surface area contributed by atoms with E-state index in [0.29, 0.717) is 6.42 Å². The highest BCUT2D eigenvalue weighted by Crippen LogP contribution is 2.36. The van der Waals surface area contributed by atoms with Crippen LogP contribution in [0.25, 0.3) is 0 Å². The maximum atomic E-state index is 11.1. The molecule has 0 saturated carbocycles. The first kappa shape index (κ1) is 32.1. The van der Waals surface area contributed by atoms with Crippen molar-refractivity contribution in [3.05, 3.63) is 0 Å². The van der Waals surface area contributed by atoms with Gasteiger partial charge >= 0.3 is 7.60 Å². The van der Waals surface area contributed by atoms with Crippen LogP contribution in [0.4, 0.5) is 0 Å². The van der Waals surface area contributed by atoms with Crippen LogP contribution in [0.15, 0.2) is 0 Å². The first-order valence-electron chi connectivity index (χ1n) is 14.5. The molecule has 0 aromatic heterocycles. The van der Waals surface area contributed by atoms with Gasteiger partial charge in [-0.05, 0) is 12.3 Å². The van der Waals surface area contributed by atoms with Crippen LogP contribution in [0, 0.1) is 5.92 Å². The van der Waals surface area contributed by atoms with Crippen LogP contribution in [-0.2, 0) is 4.57 Å². The highest BCUT2D eigenvalue weighted by Gasteiger charge is 2.13. The molecule has 1 unspecified atom stereocenters. The Kier molecular flexibility index (Phi) is 24.4. The highest BCUT2D eigenvalue weighted by atomic mass is 31.2. The van der Waals surface area contributed by atoms with Gasteiger partial charge in [0.25, 0.3) is 0 Å². The van der Waals surface area contributed by atoms with Crippen LogP contribution >= 0.6 is 7.60 Å². The molecular weight excluding hydrogens is 415 g/mol. The third-order valence-electron chi connectivity index (χ3n) is 6.99. The first-order valence-corrected chi connectivity index (χ1v) is 16.3. The lowest BCUT2D eigenvalue weighted by molar-refractivity contribution is 0.357. The molecule has 1 atom stereocenters. The van der Waals surface area contributed by atoms with Crippen LogP contribution in [0.5, 0.6) is 0 Å². The Labute approximate surface area is 202 Å². The molecule has 194 valence electrons. The number of hydrogen-bond donors (Lipinski definition) is 2. The number of rotatable bonds is 26. The summed E-state index contributed by atoms with van der Waals surface area (Å²) in [7, 11) is -3.81. The smallest absolute Gasteiger partial charge is 0.324 e. The van der Waals surface area contributed by atoms with Gasteiger partial charge in [0, 0.05) is 6.16 Å². The van der Waals surface area contributed by atoms with Crippen molar-refractivity contribution in [3.8, 4) is 0 Å². The van der Waals surface area contributed by atoms with Gasteiger partial charge in [0.2, 0.25) is 0 Å². The molecule has 32 heavy (non-hydrogen) atoms. The van der Waals surface area contributed by atoms with E-state index < -0.39 is 7.60 Å². The largest absolute Gasteiger partial charge is 0.325 e. The summed E-state index contributed by atoms with van der Waals surface area (Å²) in [6, 6.07) is 0. The summed E-state index contributed by atoms with van der Waals surface area (Å²) in [5.41, 5.74) is 0. The summed E-state index contributed by atoms with van der Waals surface area (Å²) in [5.74, 6) is 0.769. The van der Waals surface area contributed by atoms with Crippen LogP contribution in [0.1, 0.15) is 168 Å². The molecule has 0 amide bonds. The maximum absolute atomic E-state index is 11.1. The number of hydrogen-bond acceptors (Lipinski definition) is 1. The Morgan fingerprint density at radius 2 is 0.750 bits per heavy atom. The lowest BCUT2D eigenvalue weighted by Crippen LogP contribution is -2.02. The van der Waals surface area contributed by atoms with Crippen molar-refractivity contribution >= 4 is 7.60 Å². The second-order valence-corrected chi connectivity index (χ2v) is 12.1. The van der Waals surface area contributed by atoms with Crippen LogP contribution in [0.3, 0.4) is 0 Å². The van der Waals surface area contributed by atoms with Gasteiger partial charge < -0.3 is 9.79 Å². The lowest BCUT2D eigenvalue weighted by Gasteiger charge is -2.17. The second kappa shape index (κ2) is 24.3.